The second-order valence-corrected chi connectivity index (χ2v) is 5.34. The molecule has 0 aliphatic rings. The van der Waals surface area contributed by atoms with Gasteiger partial charge in [-0.25, -0.2) is 4.68 Å². The molecule has 0 aliphatic heterocycles. The van der Waals surface area contributed by atoms with E-state index in [0.717, 1.165) is 27.8 Å². The monoisotopic (exact) mass is 328 g/mol. The van der Waals surface area contributed by atoms with E-state index in [1.54, 1.807) is 4.68 Å². The van der Waals surface area contributed by atoms with Crippen molar-refractivity contribution >= 4 is 27.5 Å². The Morgan fingerprint density at radius 1 is 1.44 bits per heavy atom. The summed E-state index contributed by atoms with van der Waals surface area (Å²) in [5.74, 6) is 0. The van der Waals surface area contributed by atoms with Crippen LogP contribution in [0.5, 0.6) is 0 Å². The molecule has 0 aliphatic carbocycles. The number of halogens is 2. The zero-order chi connectivity index (χ0) is 13.3. The number of aliphatic hydroxyl groups is 1. The number of hydrogen-bond acceptors (Lipinski definition) is 2. The standard InChI is InChI=1S/C13H14BrClN2O/c1-3-11-10(7-18)13(15)17(16-11)12-5-4-9(14)6-8(12)2/h4-6,18H,3,7H2,1-2H3. The minimum Gasteiger partial charge on any atom is -0.391 e. The van der Waals surface area contributed by atoms with Gasteiger partial charge in [-0.1, -0.05) is 34.5 Å². The number of aliphatic hydroxyl groups excluding tert-OH is 1. The van der Waals surface area contributed by atoms with Gasteiger partial charge in [0.25, 0.3) is 0 Å². The van der Waals surface area contributed by atoms with Crippen LogP contribution >= 0.6 is 27.5 Å². The Hall–Kier alpha value is -0.840. The van der Waals surface area contributed by atoms with Gasteiger partial charge in [0.15, 0.2) is 0 Å². The van der Waals surface area contributed by atoms with Crippen molar-refractivity contribution in [2.45, 2.75) is 26.9 Å². The Bertz CT molecular complexity index is 581. The van der Waals surface area contributed by atoms with Crippen molar-refractivity contribution in [3.63, 3.8) is 0 Å². The topological polar surface area (TPSA) is 38.0 Å². The Labute approximate surface area is 120 Å². The van der Waals surface area contributed by atoms with E-state index in [9.17, 15) is 5.11 Å². The predicted octanol–water partition coefficient (Wildman–Crippen LogP) is 3.65. The molecule has 18 heavy (non-hydrogen) atoms. The molecule has 1 aromatic heterocycles. The van der Waals surface area contributed by atoms with Crippen molar-refractivity contribution in [2.24, 2.45) is 0 Å². The average Bonchev–Trinajstić information content (AvgIpc) is 2.66. The predicted molar refractivity (Wildman–Crippen MR) is 76.3 cm³/mol. The highest BCUT2D eigenvalue weighted by molar-refractivity contribution is 9.10. The van der Waals surface area contributed by atoms with Crippen LogP contribution in [0, 0.1) is 6.92 Å². The molecule has 0 amide bonds. The lowest BCUT2D eigenvalue weighted by molar-refractivity contribution is 0.281. The molecule has 1 N–H and O–H groups in total. The Kier molecular flexibility index (Phi) is 4.10. The van der Waals surface area contributed by atoms with Crippen LogP contribution in [0.15, 0.2) is 22.7 Å². The van der Waals surface area contributed by atoms with E-state index in [1.165, 1.54) is 0 Å². The highest BCUT2D eigenvalue weighted by atomic mass is 79.9. The second kappa shape index (κ2) is 5.43. The van der Waals surface area contributed by atoms with Crippen LogP contribution in [-0.4, -0.2) is 14.9 Å². The van der Waals surface area contributed by atoms with Crippen molar-refractivity contribution < 1.29 is 5.11 Å². The smallest absolute Gasteiger partial charge is 0.138 e. The molecular weight excluding hydrogens is 316 g/mol. The molecule has 0 saturated carbocycles. The van der Waals surface area contributed by atoms with Crippen LogP contribution in [-0.2, 0) is 13.0 Å². The third-order valence-electron chi connectivity index (χ3n) is 2.88. The van der Waals surface area contributed by atoms with E-state index >= 15 is 0 Å². The van der Waals surface area contributed by atoms with Crippen molar-refractivity contribution in [1.82, 2.24) is 9.78 Å². The molecule has 1 aromatic carbocycles. The fraction of sp³-hybridized carbons (Fsp3) is 0.308. The molecule has 5 heteroatoms. The Morgan fingerprint density at radius 2 is 2.17 bits per heavy atom. The molecule has 2 aromatic rings. The number of aromatic nitrogens is 2. The van der Waals surface area contributed by atoms with Crippen LogP contribution in [0.3, 0.4) is 0 Å². The van der Waals surface area contributed by atoms with E-state index in [4.69, 9.17) is 11.6 Å². The van der Waals surface area contributed by atoms with Crippen molar-refractivity contribution in [2.75, 3.05) is 0 Å². The molecule has 3 nitrogen and oxygen atoms in total. The van der Waals surface area contributed by atoms with E-state index in [-0.39, 0.29) is 6.61 Å². The van der Waals surface area contributed by atoms with Gasteiger partial charge in [0.2, 0.25) is 0 Å². The van der Waals surface area contributed by atoms with E-state index < -0.39 is 0 Å². The highest BCUT2D eigenvalue weighted by Crippen LogP contribution is 2.27. The van der Waals surface area contributed by atoms with Crippen LogP contribution in [0.4, 0.5) is 0 Å². The number of rotatable bonds is 3. The lowest BCUT2D eigenvalue weighted by atomic mass is 10.2. The van der Waals surface area contributed by atoms with Crippen molar-refractivity contribution in [3.8, 4) is 5.69 Å². The van der Waals surface area contributed by atoms with Gasteiger partial charge in [0.05, 0.1) is 18.0 Å². The fourth-order valence-corrected chi connectivity index (χ4v) is 2.70. The summed E-state index contributed by atoms with van der Waals surface area (Å²) in [4.78, 5) is 0. The zero-order valence-corrected chi connectivity index (χ0v) is 12.6. The van der Waals surface area contributed by atoms with Gasteiger partial charge in [-0.2, -0.15) is 5.10 Å². The van der Waals surface area contributed by atoms with Gasteiger partial charge in [-0.3, -0.25) is 0 Å². The van der Waals surface area contributed by atoms with E-state index in [1.807, 2.05) is 32.0 Å². The first kappa shape index (κ1) is 13.6. The van der Waals surface area contributed by atoms with Crippen molar-refractivity contribution in [3.05, 3.63) is 44.6 Å². The van der Waals surface area contributed by atoms with Gasteiger partial charge in [-0.15, -0.1) is 0 Å². The molecule has 0 bridgehead atoms. The SMILES string of the molecule is CCc1nn(-c2ccc(Br)cc2C)c(Cl)c1CO. The summed E-state index contributed by atoms with van der Waals surface area (Å²) in [6.07, 6.45) is 0.748. The molecule has 0 saturated heterocycles. The quantitative estimate of drug-likeness (QED) is 0.933. The second-order valence-electron chi connectivity index (χ2n) is 4.07. The number of benzene rings is 1. The van der Waals surface area contributed by atoms with Gasteiger partial charge in [0.1, 0.15) is 5.15 Å². The number of aryl methyl sites for hydroxylation is 2. The summed E-state index contributed by atoms with van der Waals surface area (Å²) in [5.41, 5.74) is 3.55. The minimum absolute atomic E-state index is 0.0857. The summed E-state index contributed by atoms with van der Waals surface area (Å²) in [6.45, 7) is 3.91. The molecule has 96 valence electrons. The molecule has 0 fully saturated rings. The summed E-state index contributed by atoms with van der Waals surface area (Å²) in [6, 6.07) is 5.92. The third kappa shape index (κ3) is 2.32. The van der Waals surface area contributed by atoms with Gasteiger partial charge in [0, 0.05) is 10.0 Å². The molecule has 0 unspecified atom stereocenters. The lowest BCUT2D eigenvalue weighted by Crippen LogP contribution is -2.00. The number of hydrogen-bond donors (Lipinski definition) is 1. The van der Waals surface area contributed by atoms with Crippen LogP contribution in [0.25, 0.3) is 5.69 Å². The number of nitrogens with zero attached hydrogens (tertiary/aromatic N) is 2. The van der Waals surface area contributed by atoms with Crippen LogP contribution in [0.2, 0.25) is 5.15 Å². The molecule has 0 spiro atoms. The maximum absolute atomic E-state index is 9.36. The minimum atomic E-state index is -0.0857. The summed E-state index contributed by atoms with van der Waals surface area (Å²) in [5, 5.41) is 14.3. The first-order valence-corrected chi connectivity index (χ1v) is 6.89. The lowest BCUT2D eigenvalue weighted by Gasteiger charge is -2.07. The molecule has 0 atom stereocenters. The average molecular weight is 330 g/mol. The van der Waals surface area contributed by atoms with E-state index in [2.05, 4.69) is 21.0 Å². The highest BCUT2D eigenvalue weighted by Gasteiger charge is 2.16. The van der Waals surface area contributed by atoms with E-state index in [0.29, 0.717) is 10.7 Å². The Balaban J connectivity index is 2.60. The van der Waals surface area contributed by atoms with Gasteiger partial charge >= 0.3 is 0 Å². The first-order valence-electron chi connectivity index (χ1n) is 5.72. The summed E-state index contributed by atoms with van der Waals surface area (Å²) >= 11 is 9.72. The normalized spacial score (nSPS) is 10.9. The van der Waals surface area contributed by atoms with Gasteiger partial charge < -0.3 is 5.11 Å². The van der Waals surface area contributed by atoms with Crippen molar-refractivity contribution in [1.29, 1.82) is 0 Å². The van der Waals surface area contributed by atoms with Crippen LogP contribution in [0.1, 0.15) is 23.7 Å². The summed E-state index contributed by atoms with van der Waals surface area (Å²) in [7, 11) is 0. The maximum atomic E-state index is 9.36. The van der Waals surface area contributed by atoms with Crippen LogP contribution < -0.4 is 0 Å². The molecule has 2 rings (SSSR count). The summed E-state index contributed by atoms with van der Waals surface area (Å²) < 4.78 is 2.71. The molecule has 0 radical (unpaired) electrons. The first-order chi connectivity index (χ1) is 8.58. The maximum Gasteiger partial charge on any atom is 0.138 e. The molecule has 1 heterocycles. The zero-order valence-electron chi connectivity index (χ0n) is 10.2. The van der Waals surface area contributed by atoms with Gasteiger partial charge in [-0.05, 0) is 37.1 Å². The third-order valence-corrected chi connectivity index (χ3v) is 3.77. The fourth-order valence-electron chi connectivity index (χ4n) is 1.93. The Morgan fingerprint density at radius 3 is 2.67 bits per heavy atom. The largest absolute Gasteiger partial charge is 0.391 e. The molecular formula is C13H14BrClN2O.